The van der Waals surface area contributed by atoms with Gasteiger partial charge in [-0.25, -0.2) is 0 Å². The maximum atomic E-state index is 12.4. The summed E-state index contributed by atoms with van der Waals surface area (Å²) in [4.78, 5) is 24.8. The van der Waals surface area contributed by atoms with Crippen molar-refractivity contribution in [3.05, 3.63) is 21.5 Å². The SMILES string of the molecule is Cc1nn([C@@H](C)C(=O)N2CCCCC2)c(C)c1[N+](=O)[O-]. The number of carbonyl (C=O) groups is 1. The van der Waals surface area contributed by atoms with E-state index in [2.05, 4.69) is 5.10 Å². The Morgan fingerprint density at radius 2 is 1.90 bits per heavy atom. The second kappa shape index (κ2) is 5.60. The molecule has 2 rings (SSSR count). The van der Waals surface area contributed by atoms with Crippen molar-refractivity contribution in [3.8, 4) is 0 Å². The molecule has 0 radical (unpaired) electrons. The summed E-state index contributed by atoms with van der Waals surface area (Å²) in [6.07, 6.45) is 3.20. The molecule has 20 heavy (non-hydrogen) atoms. The van der Waals surface area contributed by atoms with Crippen LogP contribution in [0.25, 0.3) is 0 Å². The summed E-state index contributed by atoms with van der Waals surface area (Å²) in [5, 5.41) is 15.2. The molecule has 0 aromatic carbocycles. The zero-order valence-corrected chi connectivity index (χ0v) is 12.1. The van der Waals surface area contributed by atoms with E-state index in [1.54, 1.807) is 20.8 Å². The molecule has 0 bridgehead atoms. The molecule has 0 N–H and O–H groups in total. The molecule has 0 unspecified atom stereocenters. The highest BCUT2D eigenvalue weighted by Gasteiger charge is 2.29. The van der Waals surface area contributed by atoms with E-state index >= 15 is 0 Å². The van der Waals surface area contributed by atoms with E-state index in [9.17, 15) is 14.9 Å². The molecule has 1 amide bonds. The summed E-state index contributed by atoms with van der Waals surface area (Å²) in [6.45, 7) is 6.52. The molecule has 110 valence electrons. The molecule has 0 saturated carbocycles. The van der Waals surface area contributed by atoms with Gasteiger partial charge in [0.15, 0.2) is 0 Å². The molecular weight excluding hydrogens is 260 g/mol. The van der Waals surface area contributed by atoms with Crippen LogP contribution in [0.2, 0.25) is 0 Å². The summed E-state index contributed by atoms with van der Waals surface area (Å²) < 4.78 is 1.48. The highest BCUT2D eigenvalue weighted by Crippen LogP contribution is 2.25. The van der Waals surface area contributed by atoms with Crippen LogP contribution in [-0.4, -0.2) is 38.6 Å². The average molecular weight is 280 g/mol. The van der Waals surface area contributed by atoms with Gasteiger partial charge < -0.3 is 4.90 Å². The van der Waals surface area contributed by atoms with Gasteiger partial charge in [0, 0.05) is 13.1 Å². The van der Waals surface area contributed by atoms with Crippen LogP contribution in [0.5, 0.6) is 0 Å². The maximum Gasteiger partial charge on any atom is 0.312 e. The number of piperidine rings is 1. The zero-order valence-electron chi connectivity index (χ0n) is 12.1. The summed E-state index contributed by atoms with van der Waals surface area (Å²) in [5.74, 6) is -0.00908. The van der Waals surface area contributed by atoms with Crippen LogP contribution in [0, 0.1) is 24.0 Å². The number of hydrogen-bond acceptors (Lipinski definition) is 4. The van der Waals surface area contributed by atoms with Crippen molar-refractivity contribution >= 4 is 11.6 Å². The number of aryl methyl sites for hydroxylation is 1. The fourth-order valence-corrected chi connectivity index (χ4v) is 2.78. The minimum atomic E-state index is -0.500. The highest BCUT2D eigenvalue weighted by atomic mass is 16.6. The first-order valence-corrected chi connectivity index (χ1v) is 6.92. The molecule has 1 atom stereocenters. The number of aromatic nitrogens is 2. The van der Waals surface area contributed by atoms with Crippen molar-refractivity contribution < 1.29 is 9.72 Å². The topological polar surface area (TPSA) is 81.3 Å². The van der Waals surface area contributed by atoms with Crippen molar-refractivity contribution in [2.24, 2.45) is 0 Å². The molecule has 7 heteroatoms. The standard InChI is InChI=1S/C13H20N4O3/c1-9-12(17(19)20)10(2)16(14-9)11(3)13(18)15-7-5-4-6-8-15/h11H,4-8H2,1-3H3/t11-/m0/s1. The third kappa shape index (κ3) is 2.52. The molecule has 1 saturated heterocycles. The molecule has 2 heterocycles. The first-order chi connectivity index (χ1) is 9.43. The average Bonchev–Trinajstić information content (AvgIpc) is 2.73. The van der Waals surface area contributed by atoms with Crippen molar-refractivity contribution in [1.82, 2.24) is 14.7 Å². The summed E-state index contributed by atoms with van der Waals surface area (Å²) in [7, 11) is 0. The van der Waals surface area contributed by atoms with Gasteiger partial charge in [-0.2, -0.15) is 5.10 Å². The van der Waals surface area contributed by atoms with Crippen molar-refractivity contribution in [3.63, 3.8) is 0 Å². The normalized spacial score (nSPS) is 17.1. The van der Waals surface area contributed by atoms with Crippen LogP contribution in [0.15, 0.2) is 0 Å². The van der Waals surface area contributed by atoms with Crippen molar-refractivity contribution in [2.75, 3.05) is 13.1 Å². The Morgan fingerprint density at radius 1 is 1.30 bits per heavy atom. The van der Waals surface area contributed by atoms with Gasteiger partial charge in [-0.3, -0.25) is 19.6 Å². The van der Waals surface area contributed by atoms with Gasteiger partial charge in [-0.05, 0) is 40.0 Å². The highest BCUT2D eigenvalue weighted by molar-refractivity contribution is 5.80. The molecule has 1 aromatic heterocycles. The lowest BCUT2D eigenvalue weighted by Gasteiger charge is -2.29. The second-order valence-electron chi connectivity index (χ2n) is 5.28. The lowest BCUT2D eigenvalue weighted by atomic mass is 10.1. The first kappa shape index (κ1) is 14.5. The molecular formula is C13H20N4O3. The van der Waals surface area contributed by atoms with Crippen molar-refractivity contribution in [2.45, 2.75) is 46.1 Å². The van der Waals surface area contributed by atoms with Gasteiger partial charge in [-0.15, -0.1) is 0 Å². The summed E-state index contributed by atoms with van der Waals surface area (Å²) >= 11 is 0. The molecule has 1 aliphatic heterocycles. The van der Waals surface area contributed by atoms with Crippen LogP contribution in [0.4, 0.5) is 5.69 Å². The fourth-order valence-electron chi connectivity index (χ4n) is 2.78. The van der Waals surface area contributed by atoms with Crippen LogP contribution < -0.4 is 0 Å². The fraction of sp³-hybridized carbons (Fsp3) is 0.692. The van der Waals surface area contributed by atoms with E-state index in [0.29, 0.717) is 11.4 Å². The van der Waals surface area contributed by atoms with Crippen LogP contribution in [-0.2, 0) is 4.79 Å². The van der Waals surface area contributed by atoms with Crippen LogP contribution in [0.1, 0.15) is 43.6 Å². The van der Waals surface area contributed by atoms with E-state index in [1.165, 1.54) is 4.68 Å². The predicted molar refractivity (Wildman–Crippen MR) is 73.5 cm³/mol. The lowest BCUT2D eigenvalue weighted by Crippen LogP contribution is -2.40. The Hall–Kier alpha value is -1.92. The minimum absolute atomic E-state index is 0.00305. The zero-order chi connectivity index (χ0) is 14.9. The predicted octanol–water partition coefficient (Wildman–Crippen LogP) is 1.98. The lowest BCUT2D eigenvalue weighted by molar-refractivity contribution is -0.386. The van der Waals surface area contributed by atoms with E-state index < -0.39 is 11.0 Å². The second-order valence-corrected chi connectivity index (χ2v) is 5.28. The Balaban J connectivity index is 2.24. The van der Waals surface area contributed by atoms with E-state index in [4.69, 9.17) is 0 Å². The van der Waals surface area contributed by atoms with Gasteiger partial charge in [0.25, 0.3) is 0 Å². The summed E-state index contributed by atoms with van der Waals surface area (Å²) in [6, 6.07) is -0.500. The molecule has 1 fully saturated rings. The Bertz CT molecular complexity index is 532. The van der Waals surface area contributed by atoms with Gasteiger partial charge in [0.2, 0.25) is 5.91 Å². The summed E-state index contributed by atoms with van der Waals surface area (Å²) in [5.41, 5.74) is 0.791. The smallest absolute Gasteiger partial charge is 0.312 e. The number of carbonyl (C=O) groups excluding carboxylic acids is 1. The first-order valence-electron chi connectivity index (χ1n) is 6.92. The number of hydrogen-bond donors (Lipinski definition) is 0. The monoisotopic (exact) mass is 280 g/mol. The van der Waals surface area contributed by atoms with Crippen LogP contribution in [0.3, 0.4) is 0 Å². The molecule has 1 aliphatic rings. The minimum Gasteiger partial charge on any atom is -0.341 e. The quantitative estimate of drug-likeness (QED) is 0.626. The number of amides is 1. The van der Waals surface area contributed by atoms with E-state index in [0.717, 1.165) is 32.4 Å². The molecule has 7 nitrogen and oxygen atoms in total. The van der Waals surface area contributed by atoms with Gasteiger partial charge >= 0.3 is 5.69 Å². The Labute approximate surface area is 117 Å². The number of nitrogens with zero attached hydrogens (tertiary/aromatic N) is 4. The van der Waals surface area contributed by atoms with Crippen molar-refractivity contribution in [1.29, 1.82) is 0 Å². The molecule has 0 spiro atoms. The number of rotatable bonds is 3. The Kier molecular flexibility index (Phi) is 4.06. The van der Waals surface area contributed by atoms with Crippen LogP contribution >= 0.6 is 0 Å². The molecule has 0 aliphatic carbocycles. The Morgan fingerprint density at radius 3 is 2.40 bits per heavy atom. The maximum absolute atomic E-state index is 12.4. The largest absolute Gasteiger partial charge is 0.341 e. The number of likely N-dealkylation sites (tertiary alicyclic amines) is 1. The van der Waals surface area contributed by atoms with E-state index in [1.807, 2.05) is 4.90 Å². The third-order valence-electron chi connectivity index (χ3n) is 3.86. The van der Waals surface area contributed by atoms with E-state index in [-0.39, 0.29) is 11.6 Å². The van der Waals surface area contributed by atoms with Gasteiger partial charge in [-0.1, -0.05) is 0 Å². The molecule has 1 aromatic rings. The number of nitro groups is 1. The third-order valence-corrected chi connectivity index (χ3v) is 3.86. The van der Waals surface area contributed by atoms with Gasteiger partial charge in [0.05, 0.1) is 4.92 Å². The van der Waals surface area contributed by atoms with Gasteiger partial charge in [0.1, 0.15) is 17.4 Å².